The highest BCUT2D eigenvalue weighted by molar-refractivity contribution is 5.98. The molecule has 0 fully saturated rings. The van der Waals surface area contributed by atoms with Gasteiger partial charge in [0, 0.05) is 0 Å². The summed E-state index contributed by atoms with van der Waals surface area (Å²) in [4.78, 5) is 34.8. The molecular weight excluding hydrogens is 200 g/mol. The van der Waals surface area contributed by atoms with E-state index in [-0.39, 0.29) is 23.5 Å². The predicted molar refractivity (Wildman–Crippen MR) is 50.5 cm³/mol. The fraction of sp³-hybridized carbons (Fsp3) is 0.250. The van der Waals surface area contributed by atoms with Gasteiger partial charge >= 0.3 is 11.7 Å². The van der Waals surface area contributed by atoms with Crippen molar-refractivity contribution in [3.05, 3.63) is 22.5 Å². The fourth-order valence-corrected chi connectivity index (χ4v) is 1.21. The zero-order chi connectivity index (χ0) is 10.8. The minimum absolute atomic E-state index is 0.0557. The van der Waals surface area contributed by atoms with Crippen molar-refractivity contribution in [2.45, 2.75) is 6.92 Å². The maximum Gasteiger partial charge on any atom is 0.359 e. The quantitative estimate of drug-likeness (QED) is 0.667. The Morgan fingerprint density at radius 2 is 2.27 bits per heavy atom. The molecule has 0 atom stereocenters. The van der Waals surface area contributed by atoms with Gasteiger partial charge in [0.1, 0.15) is 11.8 Å². The molecular formula is C8H8N4O3. The summed E-state index contributed by atoms with van der Waals surface area (Å²) < 4.78 is 4.78. The van der Waals surface area contributed by atoms with Crippen molar-refractivity contribution in [1.29, 1.82) is 0 Å². The van der Waals surface area contributed by atoms with E-state index in [1.165, 1.54) is 6.33 Å². The molecule has 2 heterocycles. The van der Waals surface area contributed by atoms with Crippen LogP contribution < -0.4 is 5.69 Å². The first-order chi connectivity index (χ1) is 7.22. The Balaban J connectivity index is 2.60. The number of carbonyl (C=O) groups is 1. The molecule has 0 aliphatic rings. The van der Waals surface area contributed by atoms with Crippen molar-refractivity contribution in [2.75, 3.05) is 6.61 Å². The van der Waals surface area contributed by atoms with Crippen molar-refractivity contribution in [2.24, 2.45) is 0 Å². The van der Waals surface area contributed by atoms with Gasteiger partial charge in [-0.15, -0.1) is 0 Å². The van der Waals surface area contributed by atoms with Gasteiger partial charge in [0.05, 0.1) is 6.61 Å². The van der Waals surface area contributed by atoms with Crippen LogP contribution in [-0.4, -0.2) is 32.5 Å². The first-order valence-electron chi connectivity index (χ1n) is 4.32. The van der Waals surface area contributed by atoms with E-state index in [4.69, 9.17) is 4.74 Å². The molecule has 0 radical (unpaired) electrons. The summed E-state index contributed by atoms with van der Waals surface area (Å²) in [6.45, 7) is 1.94. The largest absolute Gasteiger partial charge is 0.461 e. The maximum atomic E-state index is 11.4. The molecule has 0 aliphatic heterocycles. The molecule has 7 heteroatoms. The lowest BCUT2D eigenvalue weighted by Crippen LogP contribution is -2.08. The van der Waals surface area contributed by atoms with Gasteiger partial charge in [0.15, 0.2) is 11.3 Å². The summed E-state index contributed by atoms with van der Waals surface area (Å²) in [6, 6.07) is 0. The number of fused-ring (bicyclic) bond motifs is 1. The molecule has 2 N–H and O–H groups in total. The summed E-state index contributed by atoms with van der Waals surface area (Å²) in [5, 5.41) is 0. The number of aromatic amines is 2. The average molecular weight is 208 g/mol. The lowest BCUT2D eigenvalue weighted by atomic mass is 10.3. The van der Waals surface area contributed by atoms with E-state index in [2.05, 4.69) is 19.9 Å². The summed E-state index contributed by atoms with van der Waals surface area (Å²) in [5.41, 5.74) is 0.176. The molecule has 0 bridgehead atoms. The number of rotatable bonds is 2. The Hall–Kier alpha value is -2.18. The molecule has 2 rings (SSSR count). The van der Waals surface area contributed by atoms with Gasteiger partial charge in [0.25, 0.3) is 0 Å². The van der Waals surface area contributed by atoms with Crippen LogP contribution in [0.1, 0.15) is 17.4 Å². The van der Waals surface area contributed by atoms with Crippen LogP contribution in [0.3, 0.4) is 0 Å². The second-order valence-corrected chi connectivity index (χ2v) is 2.75. The Labute approximate surface area is 83.5 Å². The highest BCUT2D eigenvalue weighted by Gasteiger charge is 2.15. The minimum Gasteiger partial charge on any atom is -0.461 e. The van der Waals surface area contributed by atoms with E-state index in [9.17, 15) is 9.59 Å². The van der Waals surface area contributed by atoms with Gasteiger partial charge in [-0.1, -0.05) is 0 Å². The van der Waals surface area contributed by atoms with Crippen LogP contribution in [0.15, 0.2) is 11.1 Å². The number of ether oxygens (including phenoxy) is 1. The summed E-state index contributed by atoms with van der Waals surface area (Å²) in [6.07, 6.45) is 1.19. The monoisotopic (exact) mass is 208 g/mol. The third kappa shape index (κ3) is 1.58. The topological polar surface area (TPSA) is 101 Å². The molecule has 2 aromatic heterocycles. The summed E-state index contributed by atoms with van der Waals surface area (Å²) in [5.74, 6) is -0.583. The summed E-state index contributed by atoms with van der Waals surface area (Å²) >= 11 is 0. The van der Waals surface area contributed by atoms with E-state index < -0.39 is 11.7 Å². The molecule has 15 heavy (non-hydrogen) atoms. The molecule has 78 valence electrons. The SMILES string of the molecule is CCOC(=O)c1ncnc2[nH]c(=O)[nH]c12. The minimum atomic E-state index is -0.583. The van der Waals surface area contributed by atoms with E-state index in [1.54, 1.807) is 6.92 Å². The molecule has 0 saturated carbocycles. The van der Waals surface area contributed by atoms with Crippen molar-refractivity contribution < 1.29 is 9.53 Å². The molecule has 0 spiro atoms. The molecule has 2 aromatic rings. The molecule has 7 nitrogen and oxygen atoms in total. The standard InChI is InChI=1S/C8H8N4O3/c1-2-15-7(13)5-4-6(10-3-9-5)12-8(14)11-4/h3H,2H2,1H3,(H2,9,10,11,12,14). The number of esters is 1. The van der Waals surface area contributed by atoms with Crippen LogP contribution in [0.4, 0.5) is 0 Å². The van der Waals surface area contributed by atoms with E-state index in [1.807, 2.05) is 0 Å². The van der Waals surface area contributed by atoms with Crippen LogP contribution in [-0.2, 0) is 4.74 Å². The first kappa shape index (κ1) is 9.38. The first-order valence-corrected chi connectivity index (χ1v) is 4.32. The van der Waals surface area contributed by atoms with Crippen LogP contribution in [0.5, 0.6) is 0 Å². The smallest absolute Gasteiger partial charge is 0.359 e. The van der Waals surface area contributed by atoms with Gasteiger partial charge in [-0.25, -0.2) is 19.6 Å². The van der Waals surface area contributed by atoms with E-state index in [0.29, 0.717) is 0 Å². The van der Waals surface area contributed by atoms with Crippen LogP contribution in [0.25, 0.3) is 11.2 Å². The third-order valence-corrected chi connectivity index (χ3v) is 1.79. The molecule has 0 aromatic carbocycles. The number of nitrogens with one attached hydrogen (secondary N) is 2. The van der Waals surface area contributed by atoms with Crippen LogP contribution in [0, 0.1) is 0 Å². The molecule has 0 amide bonds. The number of H-pyrrole nitrogens is 2. The normalized spacial score (nSPS) is 10.5. The maximum absolute atomic E-state index is 11.4. The lowest BCUT2D eigenvalue weighted by molar-refractivity contribution is 0.0521. The molecule has 0 aliphatic carbocycles. The second-order valence-electron chi connectivity index (χ2n) is 2.75. The number of carbonyl (C=O) groups excluding carboxylic acids is 1. The predicted octanol–water partition coefficient (Wildman–Crippen LogP) is -0.177. The number of hydrogen-bond acceptors (Lipinski definition) is 5. The zero-order valence-corrected chi connectivity index (χ0v) is 7.90. The van der Waals surface area contributed by atoms with E-state index in [0.717, 1.165) is 0 Å². The van der Waals surface area contributed by atoms with Gasteiger partial charge in [0.2, 0.25) is 0 Å². The second kappa shape index (κ2) is 3.52. The van der Waals surface area contributed by atoms with Crippen molar-refractivity contribution in [1.82, 2.24) is 19.9 Å². The number of aromatic nitrogens is 4. The Morgan fingerprint density at radius 3 is 3.00 bits per heavy atom. The fourth-order valence-electron chi connectivity index (χ4n) is 1.21. The Bertz CT molecular complexity index is 556. The van der Waals surface area contributed by atoms with Crippen molar-refractivity contribution in [3.8, 4) is 0 Å². The average Bonchev–Trinajstić information content (AvgIpc) is 2.57. The van der Waals surface area contributed by atoms with Crippen LogP contribution >= 0.6 is 0 Å². The number of nitrogens with zero attached hydrogens (tertiary/aromatic N) is 2. The highest BCUT2D eigenvalue weighted by Crippen LogP contribution is 2.08. The summed E-state index contributed by atoms with van der Waals surface area (Å²) in [7, 11) is 0. The van der Waals surface area contributed by atoms with Crippen molar-refractivity contribution in [3.63, 3.8) is 0 Å². The molecule has 0 saturated heterocycles. The van der Waals surface area contributed by atoms with Crippen LogP contribution in [0.2, 0.25) is 0 Å². The van der Waals surface area contributed by atoms with Gasteiger partial charge < -0.3 is 9.72 Å². The highest BCUT2D eigenvalue weighted by atomic mass is 16.5. The number of hydrogen-bond donors (Lipinski definition) is 2. The number of imidazole rings is 1. The Morgan fingerprint density at radius 1 is 1.47 bits per heavy atom. The zero-order valence-electron chi connectivity index (χ0n) is 7.90. The van der Waals surface area contributed by atoms with Gasteiger partial charge in [-0.2, -0.15) is 0 Å². The third-order valence-electron chi connectivity index (χ3n) is 1.79. The molecule has 0 unspecified atom stereocenters. The van der Waals surface area contributed by atoms with Gasteiger partial charge in [-0.05, 0) is 6.92 Å². The van der Waals surface area contributed by atoms with Crippen molar-refractivity contribution >= 4 is 17.1 Å². The Kier molecular flexibility index (Phi) is 2.20. The van der Waals surface area contributed by atoms with Gasteiger partial charge in [-0.3, -0.25) is 4.98 Å². The van der Waals surface area contributed by atoms with E-state index >= 15 is 0 Å². The lowest BCUT2D eigenvalue weighted by Gasteiger charge is -2.00.